The maximum absolute atomic E-state index is 12.6. The molecular formula is C21H25N7O2. The molecule has 5 rings (SSSR count). The quantitative estimate of drug-likeness (QED) is 0.605. The van der Waals surface area contributed by atoms with E-state index in [0.717, 1.165) is 57.4 Å². The van der Waals surface area contributed by atoms with Crippen LogP contribution in [-0.4, -0.2) is 57.0 Å². The number of hydrogen-bond donors (Lipinski definition) is 3. The number of carbonyl (C=O) groups excluding carboxylic acids is 1. The van der Waals surface area contributed by atoms with E-state index in [2.05, 4.69) is 15.5 Å². The lowest BCUT2D eigenvalue weighted by Crippen LogP contribution is -2.33. The van der Waals surface area contributed by atoms with E-state index < -0.39 is 0 Å². The van der Waals surface area contributed by atoms with Crippen molar-refractivity contribution in [2.45, 2.75) is 31.7 Å². The van der Waals surface area contributed by atoms with E-state index in [1.807, 2.05) is 29.2 Å². The number of fused-ring (bicyclic) bond motifs is 1. The van der Waals surface area contributed by atoms with Gasteiger partial charge in [-0.25, -0.2) is 5.10 Å². The van der Waals surface area contributed by atoms with Crippen LogP contribution in [0.15, 0.2) is 29.1 Å². The summed E-state index contributed by atoms with van der Waals surface area (Å²) < 4.78 is 1.79. The van der Waals surface area contributed by atoms with Gasteiger partial charge in [-0.05, 0) is 44.4 Å². The Labute approximate surface area is 173 Å². The van der Waals surface area contributed by atoms with Crippen LogP contribution in [0.4, 0.5) is 5.82 Å². The van der Waals surface area contributed by atoms with E-state index in [4.69, 9.17) is 10.8 Å². The first-order valence-corrected chi connectivity index (χ1v) is 10.5. The summed E-state index contributed by atoms with van der Waals surface area (Å²) in [5, 5.41) is 15.2. The molecule has 1 amide bonds. The molecule has 2 aliphatic rings. The van der Waals surface area contributed by atoms with Crippen molar-refractivity contribution in [1.29, 1.82) is 0 Å². The molecule has 2 aromatic heterocycles. The Balaban J connectivity index is 1.58. The minimum Gasteiger partial charge on any atom is -0.382 e. The number of amides is 1. The third-order valence-electron chi connectivity index (χ3n) is 6.07. The minimum atomic E-state index is -0.302. The van der Waals surface area contributed by atoms with Gasteiger partial charge in [-0.15, -0.1) is 0 Å². The summed E-state index contributed by atoms with van der Waals surface area (Å²) in [5.74, 6) is 0.298. The van der Waals surface area contributed by atoms with Crippen LogP contribution < -0.4 is 16.6 Å². The van der Waals surface area contributed by atoms with Crippen LogP contribution >= 0.6 is 0 Å². The number of rotatable bonds is 3. The molecule has 1 unspecified atom stereocenters. The number of benzene rings is 1. The second kappa shape index (κ2) is 7.56. The van der Waals surface area contributed by atoms with E-state index in [0.29, 0.717) is 22.2 Å². The second-order valence-corrected chi connectivity index (χ2v) is 8.03. The first kappa shape index (κ1) is 18.8. The molecule has 0 bridgehead atoms. The van der Waals surface area contributed by atoms with Gasteiger partial charge in [0.1, 0.15) is 11.2 Å². The Kier molecular flexibility index (Phi) is 4.74. The fourth-order valence-electron chi connectivity index (χ4n) is 4.50. The van der Waals surface area contributed by atoms with Gasteiger partial charge in [0, 0.05) is 30.8 Å². The number of piperidine rings is 1. The summed E-state index contributed by atoms with van der Waals surface area (Å²) in [7, 11) is 0. The molecule has 3 aromatic rings. The van der Waals surface area contributed by atoms with Crippen LogP contribution in [0.25, 0.3) is 22.2 Å². The highest BCUT2D eigenvalue weighted by atomic mass is 16.2. The molecule has 156 valence electrons. The molecule has 2 fully saturated rings. The molecule has 9 heteroatoms. The highest BCUT2D eigenvalue weighted by molar-refractivity contribution is 6.00. The topological polar surface area (TPSA) is 122 Å². The molecule has 9 nitrogen and oxygen atoms in total. The number of nitrogens with one attached hydrogen (secondary N) is 2. The number of likely N-dealkylation sites (tertiary alicyclic amines) is 1. The highest BCUT2D eigenvalue weighted by Gasteiger charge is 2.25. The van der Waals surface area contributed by atoms with Crippen molar-refractivity contribution >= 4 is 22.6 Å². The number of hydrogen-bond acceptors (Lipinski definition) is 6. The zero-order chi connectivity index (χ0) is 20.7. The zero-order valence-corrected chi connectivity index (χ0v) is 16.7. The third kappa shape index (κ3) is 3.15. The average molecular weight is 407 g/mol. The maximum atomic E-state index is 12.6. The Morgan fingerprint density at radius 1 is 1.13 bits per heavy atom. The van der Waals surface area contributed by atoms with Gasteiger partial charge in [0.05, 0.1) is 11.4 Å². The van der Waals surface area contributed by atoms with Crippen molar-refractivity contribution in [1.82, 2.24) is 30.2 Å². The van der Waals surface area contributed by atoms with E-state index in [1.54, 1.807) is 4.68 Å². The molecule has 2 saturated heterocycles. The smallest absolute Gasteiger partial charge is 0.290 e. The van der Waals surface area contributed by atoms with Crippen molar-refractivity contribution in [2.75, 3.05) is 31.9 Å². The molecule has 1 aromatic carbocycles. The lowest BCUT2D eigenvalue weighted by atomic mass is 10.1. The molecule has 1 atom stereocenters. The number of carbonyl (C=O) groups is 1. The van der Waals surface area contributed by atoms with Gasteiger partial charge in [-0.3, -0.25) is 14.3 Å². The van der Waals surface area contributed by atoms with Gasteiger partial charge in [0.25, 0.3) is 11.5 Å². The predicted octanol–water partition coefficient (Wildman–Crippen LogP) is 1.53. The fraction of sp³-hybridized carbons (Fsp3) is 0.429. The van der Waals surface area contributed by atoms with Crippen molar-refractivity contribution < 1.29 is 4.79 Å². The lowest BCUT2D eigenvalue weighted by molar-refractivity contribution is 0.0793. The first-order valence-electron chi connectivity index (χ1n) is 10.5. The van der Waals surface area contributed by atoms with Gasteiger partial charge < -0.3 is 16.0 Å². The van der Waals surface area contributed by atoms with Crippen LogP contribution in [-0.2, 0) is 0 Å². The number of nitrogens with two attached hydrogens (primary N) is 1. The van der Waals surface area contributed by atoms with Gasteiger partial charge >= 0.3 is 0 Å². The molecule has 0 radical (unpaired) electrons. The van der Waals surface area contributed by atoms with E-state index >= 15 is 0 Å². The number of nitrogen functional groups attached to an aromatic ring is 1. The Hall–Kier alpha value is -3.20. The SMILES string of the molecule is Nc1n[nH]c(=O)c2c1c(-c1ccc(C(=O)N3CCCC3)cc1)nn2C1CCCNC1. The number of nitrogens with zero attached hydrogens (tertiary/aromatic N) is 4. The van der Waals surface area contributed by atoms with E-state index in [-0.39, 0.29) is 23.3 Å². The fourth-order valence-corrected chi connectivity index (χ4v) is 4.50. The first-order chi connectivity index (χ1) is 14.6. The van der Waals surface area contributed by atoms with E-state index in [9.17, 15) is 9.59 Å². The van der Waals surface area contributed by atoms with Gasteiger partial charge in [0.2, 0.25) is 0 Å². The van der Waals surface area contributed by atoms with Crippen molar-refractivity contribution in [3.63, 3.8) is 0 Å². The summed E-state index contributed by atoms with van der Waals surface area (Å²) in [6, 6.07) is 7.46. The molecule has 4 N–H and O–H groups in total. The molecule has 2 aliphatic heterocycles. The van der Waals surface area contributed by atoms with Gasteiger partial charge in [0.15, 0.2) is 5.82 Å². The maximum Gasteiger partial charge on any atom is 0.290 e. The Morgan fingerprint density at radius 3 is 2.60 bits per heavy atom. The number of aromatic nitrogens is 4. The standard InChI is InChI=1S/C21H25N7O2/c22-19-16-17(13-5-7-14(8-6-13)21(30)27-10-1-2-11-27)26-28(15-4-3-9-23-12-15)18(16)20(29)25-24-19/h5-8,15,23H,1-4,9-12H2,(H2,22,24)(H,25,29). The van der Waals surface area contributed by atoms with Crippen molar-refractivity contribution in [3.8, 4) is 11.3 Å². The second-order valence-electron chi connectivity index (χ2n) is 8.03. The summed E-state index contributed by atoms with van der Waals surface area (Å²) in [6.45, 7) is 3.35. The summed E-state index contributed by atoms with van der Waals surface area (Å²) in [4.78, 5) is 27.2. The van der Waals surface area contributed by atoms with E-state index in [1.165, 1.54) is 0 Å². The van der Waals surface area contributed by atoms with Crippen LogP contribution in [0.5, 0.6) is 0 Å². The highest BCUT2D eigenvalue weighted by Crippen LogP contribution is 2.32. The minimum absolute atomic E-state index is 0.0559. The lowest BCUT2D eigenvalue weighted by Gasteiger charge is -2.23. The van der Waals surface area contributed by atoms with Crippen LogP contribution in [0, 0.1) is 0 Å². The summed E-state index contributed by atoms with van der Waals surface area (Å²) in [5.41, 5.74) is 8.38. The monoisotopic (exact) mass is 407 g/mol. The van der Waals surface area contributed by atoms with Crippen LogP contribution in [0.1, 0.15) is 42.1 Å². The largest absolute Gasteiger partial charge is 0.382 e. The summed E-state index contributed by atoms with van der Waals surface area (Å²) in [6.07, 6.45) is 4.08. The van der Waals surface area contributed by atoms with Crippen molar-refractivity contribution in [3.05, 3.63) is 40.2 Å². The molecule has 4 heterocycles. The van der Waals surface area contributed by atoms with Gasteiger partial charge in [-0.1, -0.05) is 12.1 Å². The Bertz CT molecular complexity index is 1140. The zero-order valence-electron chi connectivity index (χ0n) is 16.7. The Morgan fingerprint density at radius 2 is 1.90 bits per heavy atom. The number of aromatic amines is 1. The molecule has 0 spiro atoms. The van der Waals surface area contributed by atoms with Crippen LogP contribution in [0.3, 0.4) is 0 Å². The molecule has 30 heavy (non-hydrogen) atoms. The van der Waals surface area contributed by atoms with Crippen molar-refractivity contribution in [2.24, 2.45) is 0 Å². The third-order valence-corrected chi connectivity index (χ3v) is 6.07. The molecular weight excluding hydrogens is 382 g/mol. The summed E-state index contributed by atoms with van der Waals surface area (Å²) >= 11 is 0. The molecule has 0 aliphatic carbocycles. The number of anilines is 1. The normalized spacial score (nSPS) is 19.5. The average Bonchev–Trinajstić information content (AvgIpc) is 3.46. The molecule has 0 saturated carbocycles. The predicted molar refractivity (Wildman–Crippen MR) is 114 cm³/mol. The van der Waals surface area contributed by atoms with Crippen LogP contribution in [0.2, 0.25) is 0 Å². The van der Waals surface area contributed by atoms with Gasteiger partial charge in [-0.2, -0.15) is 10.2 Å². The number of H-pyrrole nitrogens is 1.